The summed E-state index contributed by atoms with van der Waals surface area (Å²) in [4.78, 5) is 16.3. The monoisotopic (exact) mass is 233 g/mol. The molecule has 0 atom stereocenters. The van der Waals surface area contributed by atoms with E-state index in [2.05, 4.69) is 4.98 Å². The summed E-state index contributed by atoms with van der Waals surface area (Å²) in [5.41, 5.74) is 1.61. The van der Waals surface area contributed by atoms with Gasteiger partial charge in [-0.25, -0.2) is 4.79 Å². The first-order chi connectivity index (χ1) is 7.75. The first-order valence-corrected chi connectivity index (χ1v) is 5.51. The van der Waals surface area contributed by atoms with E-state index < -0.39 is 5.97 Å². The highest BCUT2D eigenvalue weighted by atomic mass is 32.1. The van der Waals surface area contributed by atoms with Gasteiger partial charge in [-0.15, -0.1) is 11.3 Å². The lowest BCUT2D eigenvalue weighted by Crippen LogP contribution is -2.03. The molecule has 2 aromatic heterocycles. The molecule has 0 saturated carbocycles. The van der Waals surface area contributed by atoms with Gasteiger partial charge in [0, 0.05) is 11.8 Å². The van der Waals surface area contributed by atoms with Gasteiger partial charge in [0.1, 0.15) is 22.9 Å². The normalized spacial score (nSPS) is 12.5. The minimum Gasteiger partial charge on any atom is -0.486 e. The number of carbonyl (C=O) groups is 1. The fourth-order valence-corrected chi connectivity index (χ4v) is 2.61. The van der Waals surface area contributed by atoms with E-state index in [9.17, 15) is 4.79 Å². The number of carboxylic acids is 1. The lowest BCUT2D eigenvalue weighted by atomic mass is 10.1. The van der Waals surface area contributed by atoms with Gasteiger partial charge in [0.05, 0.1) is 4.88 Å². The topological polar surface area (TPSA) is 59.4 Å². The van der Waals surface area contributed by atoms with E-state index in [1.54, 1.807) is 18.3 Å². The molecule has 0 spiro atoms. The molecular weight excluding hydrogens is 226 g/mol. The predicted octanol–water partition coefficient (Wildman–Crippen LogP) is 2.40. The Labute approximate surface area is 95.1 Å². The molecule has 1 aliphatic heterocycles. The third-order valence-corrected chi connectivity index (χ3v) is 3.50. The Morgan fingerprint density at radius 3 is 3.25 bits per heavy atom. The minimum atomic E-state index is -0.906. The van der Waals surface area contributed by atoms with Gasteiger partial charge in [-0.2, -0.15) is 0 Å². The first kappa shape index (κ1) is 9.35. The summed E-state index contributed by atoms with van der Waals surface area (Å²) in [6.07, 6.45) is 1.68. The van der Waals surface area contributed by atoms with Crippen molar-refractivity contribution in [1.29, 1.82) is 0 Å². The molecule has 4 nitrogen and oxygen atoms in total. The number of fused-ring (bicyclic) bond motifs is 3. The van der Waals surface area contributed by atoms with Crippen LogP contribution in [-0.4, -0.2) is 16.1 Å². The van der Waals surface area contributed by atoms with Gasteiger partial charge < -0.3 is 9.84 Å². The fraction of sp³-hybridized carbons (Fsp3) is 0.0909. The van der Waals surface area contributed by atoms with Gasteiger partial charge in [-0.05, 0) is 18.2 Å². The highest BCUT2D eigenvalue weighted by molar-refractivity contribution is 7.14. The van der Waals surface area contributed by atoms with E-state index in [1.807, 2.05) is 6.07 Å². The standard InChI is InChI=1S/C11H7NO3S/c13-11(14)8-4-6-9(16-8)5-15-7-2-1-3-12-10(6)7/h1-4H,5H2,(H,13,14). The SMILES string of the molecule is O=C(O)c1cc2c(s1)COc1cccnc1-2. The van der Waals surface area contributed by atoms with Gasteiger partial charge in [0.25, 0.3) is 0 Å². The Balaban J connectivity index is 2.20. The number of aromatic nitrogens is 1. The minimum absolute atomic E-state index is 0.326. The van der Waals surface area contributed by atoms with E-state index in [-0.39, 0.29) is 0 Å². The molecule has 0 amide bonds. The van der Waals surface area contributed by atoms with Crippen molar-refractivity contribution in [2.75, 3.05) is 0 Å². The van der Waals surface area contributed by atoms with Gasteiger partial charge >= 0.3 is 5.97 Å². The largest absolute Gasteiger partial charge is 0.486 e. The molecular formula is C11H7NO3S. The maximum atomic E-state index is 10.9. The van der Waals surface area contributed by atoms with Crippen LogP contribution in [0.3, 0.4) is 0 Å². The summed E-state index contributed by atoms with van der Waals surface area (Å²) in [6, 6.07) is 5.30. The zero-order valence-electron chi connectivity index (χ0n) is 8.14. The highest BCUT2D eigenvalue weighted by Crippen LogP contribution is 2.39. The van der Waals surface area contributed by atoms with Crippen molar-refractivity contribution in [1.82, 2.24) is 4.98 Å². The van der Waals surface area contributed by atoms with Gasteiger partial charge in [-0.3, -0.25) is 4.98 Å². The van der Waals surface area contributed by atoms with Crippen LogP contribution in [0.1, 0.15) is 14.5 Å². The number of pyridine rings is 1. The molecule has 0 fully saturated rings. The maximum absolute atomic E-state index is 10.9. The molecule has 80 valence electrons. The average molecular weight is 233 g/mol. The van der Waals surface area contributed by atoms with E-state index in [1.165, 1.54) is 11.3 Å². The summed E-state index contributed by atoms with van der Waals surface area (Å²) < 4.78 is 5.50. The molecule has 1 aliphatic rings. The first-order valence-electron chi connectivity index (χ1n) is 4.70. The van der Waals surface area contributed by atoms with Gasteiger partial charge in [0.15, 0.2) is 0 Å². The van der Waals surface area contributed by atoms with Crippen molar-refractivity contribution in [3.8, 4) is 17.0 Å². The van der Waals surface area contributed by atoms with Crippen molar-refractivity contribution < 1.29 is 14.6 Å². The van der Waals surface area contributed by atoms with Crippen molar-refractivity contribution in [3.63, 3.8) is 0 Å². The third kappa shape index (κ3) is 1.29. The lowest BCUT2D eigenvalue weighted by Gasteiger charge is -2.15. The van der Waals surface area contributed by atoms with Gasteiger partial charge in [-0.1, -0.05) is 0 Å². The molecule has 0 aliphatic carbocycles. The van der Waals surface area contributed by atoms with E-state index in [4.69, 9.17) is 9.84 Å². The molecule has 0 unspecified atom stereocenters. The van der Waals surface area contributed by atoms with Crippen molar-refractivity contribution in [2.24, 2.45) is 0 Å². The number of aromatic carboxylic acids is 1. The smallest absolute Gasteiger partial charge is 0.345 e. The van der Waals surface area contributed by atoms with Crippen LogP contribution in [0.25, 0.3) is 11.3 Å². The second-order valence-electron chi connectivity index (χ2n) is 3.39. The average Bonchev–Trinajstić information content (AvgIpc) is 2.73. The molecule has 3 rings (SSSR count). The molecule has 1 N–H and O–H groups in total. The molecule has 0 bridgehead atoms. The molecule has 0 radical (unpaired) electrons. The fourth-order valence-electron chi connectivity index (χ4n) is 1.69. The van der Waals surface area contributed by atoms with Crippen LogP contribution in [0.2, 0.25) is 0 Å². The summed E-state index contributed by atoms with van der Waals surface area (Å²) >= 11 is 1.24. The van der Waals surface area contributed by atoms with E-state index in [0.717, 1.165) is 16.1 Å². The van der Waals surface area contributed by atoms with Crippen molar-refractivity contribution in [3.05, 3.63) is 34.2 Å². The number of thiophene rings is 1. The highest BCUT2D eigenvalue weighted by Gasteiger charge is 2.22. The Hall–Kier alpha value is -1.88. The number of rotatable bonds is 1. The van der Waals surface area contributed by atoms with Gasteiger partial charge in [0.2, 0.25) is 0 Å². The Bertz CT molecular complexity index is 576. The van der Waals surface area contributed by atoms with Crippen LogP contribution < -0.4 is 4.74 Å². The molecule has 0 saturated heterocycles. The lowest BCUT2D eigenvalue weighted by molar-refractivity contribution is 0.0702. The number of hydrogen-bond donors (Lipinski definition) is 1. The second-order valence-corrected chi connectivity index (χ2v) is 4.53. The predicted molar refractivity (Wildman–Crippen MR) is 58.8 cm³/mol. The van der Waals surface area contributed by atoms with Crippen LogP contribution in [0.4, 0.5) is 0 Å². The quantitative estimate of drug-likeness (QED) is 0.821. The van der Waals surface area contributed by atoms with Crippen molar-refractivity contribution in [2.45, 2.75) is 6.61 Å². The van der Waals surface area contributed by atoms with Crippen LogP contribution in [0.15, 0.2) is 24.4 Å². The third-order valence-electron chi connectivity index (χ3n) is 2.40. The Morgan fingerprint density at radius 2 is 2.44 bits per heavy atom. The summed E-state index contributed by atoms with van der Waals surface area (Å²) in [7, 11) is 0. The molecule has 0 aromatic carbocycles. The van der Waals surface area contributed by atoms with E-state index in [0.29, 0.717) is 17.2 Å². The number of hydrogen-bond acceptors (Lipinski definition) is 4. The summed E-state index contributed by atoms with van der Waals surface area (Å²) in [6.45, 7) is 0.423. The summed E-state index contributed by atoms with van der Waals surface area (Å²) in [5, 5.41) is 8.93. The van der Waals surface area contributed by atoms with Crippen LogP contribution >= 0.6 is 11.3 Å². The number of ether oxygens (including phenoxy) is 1. The Morgan fingerprint density at radius 1 is 1.56 bits per heavy atom. The zero-order chi connectivity index (χ0) is 11.1. The van der Waals surface area contributed by atoms with Crippen molar-refractivity contribution >= 4 is 17.3 Å². The zero-order valence-corrected chi connectivity index (χ0v) is 8.95. The summed E-state index contributed by atoms with van der Waals surface area (Å²) in [5.74, 6) is -0.193. The van der Waals surface area contributed by atoms with Crippen LogP contribution in [-0.2, 0) is 6.61 Å². The Kier molecular flexibility index (Phi) is 1.94. The molecule has 2 aromatic rings. The molecule has 5 heteroatoms. The second kappa shape index (κ2) is 3.31. The maximum Gasteiger partial charge on any atom is 0.345 e. The molecule has 16 heavy (non-hydrogen) atoms. The van der Waals surface area contributed by atoms with Crippen LogP contribution in [0, 0.1) is 0 Å². The molecule has 3 heterocycles. The number of nitrogens with zero attached hydrogens (tertiary/aromatic N) is 1. The van der Waals surface area contributed by atoms with E-state index >= 15 is 0 Å². The van der Waals surface area contributed by atoms with Crippen LogP contribution in [0.5, 0.6) is 5.75 Å². The number of carboxylic acid groups (broad SMARTS) is 1.